The molecular formula is C12H18N2O3S. The van der Waals surface area contributed by atoms with Crippen LogP contribution < -0.4 is 5.32 Å². The maximum absolute atomic E-state index is 10.7. The van der Waals surface area contributed by atoms with Crippen LogP contribution in [0.4, 0.5) is 0 Å². The molecule has 18 heavy (non-hydrogen) atoms. The minimum Gasteiger partial charge on any atom is -0.476 e. The Bertz CT molecular complexity index is 413. The number of nitrogens with one attached hydrogen (secondary N) is 1. The monoisotopic (exact) mass is 270 g/mol. The molecule has 0 aromatic carbocycles. The fourth-order valence-electron chi connectivity index (χ4n) is 2.30. The Morgan fingerprint density at radius 3 is 2.78 bits per heavy atom. The molecule has 1 heterocycles. The third-order valence-corrected chi connectivity index (χ3v) is 4.16. The molecule has 0 spiro atoms. The molecule has 2 rings (SSSR count). The van der Waals surface area contributed by atoms with Crippen molar-refractivity contribution >= 4 is 17.3 Å². The van der Waals surface area contributed by atoms with Crippen LogP contribution in [0.15, 0.2) is 5.38 Å². The van der Waals surface area contributed by atoms with Crippen LogP contribution in [0.3, 0.4) is 0 Å². The molecule has 5 nitrogen and oxygen atoms in total. The van der Waals surface area contributed by atoms with Gasteiger partial charge in [0, 0.05) is 18.5 Å². The van der Waals surface area contributed by atoms with Crippen LogP contribution in [0.5, 0.6) is 0 Å². The van der Waals surface area contributed by atoms with Gasteiger partial charge in [-0.3, -0.25) is 0 Å². The summed E-state index contributed by atoms with van der Waals surface area (Å²) in [6.07, 6.45) is 5.06. The third-order valence-electron chi connectivity index (χ3n) is 3.28. The van der Waals surface area contributed by atoms with E-state index in [1.165, 1.54) is 6.42 Å². The Kier molecular flexibility index (Phi) is 4.31. The van der Waals surface area contributed by atoms with Crippen LogP contribution in [0.25, 0.3) is 0 Å². The van der Waals surface area contributed by atoms with Gasteiger partial charge in [-0.25, -0.2) is 9.78 Å². The van der Waals surface area contributed by atoms with Crippen LogP contribution in [-0.4, -0.2) is 33.3 Å². The normalized spacial score (nSPS) is 18.7. The van der Waals surface area contributed by atoms with E-state index in [0.29, 0.717) is 13.1 Å². The van der Waals surface area contributed by atoms with Crippen molar-refractivity contribution in [3.05, 3.63) is 16.1 Å². The summed E-state index contributed by atoms with van der Waals surface area (Å²) in [4.78, 5) is 14.7. The van der Waals surface area contributed by atoms with E-state index >= 15 is 0 Å². The molecule has 1 aromatic heterocycles. The zero-order chi connectivity index (χ0) is 13.0. The topological polar surface area (TPSA) is 82.5 Å². The molecule has 1 aliphatic carbocycles. The molecule has 0 radical (unpaired) electrons. The van der Waals surface area contributed by atoms with Crippen LogP contribution in [0.2, 0.25) is 0 Å². The molecule has 0 amide bonds. The van der Waals surface area contributed by atoms with E-state index in [1.807, 2.05) is 0 Å². The van der Waals surface area contributed by atoms with Crippen molar-refractivity contribution in [2.24, 2.45) is 0 Å². The van der Waals surface area contributed by atoms with Crippen molar-refractivity contribution in [3.63, 3.8) is 0 Å². The van der Waals surface area contributed by atoms with E-state index in [9.17, 15) is 9.90 Å². The van der Waals surface area contributed by atoms with E-state index < -0.39 is 11.6 Å². The Morgan fingerprint density at radius 2 is 2.17 bits per heavy atom. The first-order valence-electron chi connectivity index (χ1n) is 6.20. The summed E-state index contributed by atoms with van der Waals surface area (Å²) in [5, 5.41) is 24.0. The summed E-state index contributed by atoms with van der Waals surface area (Å²) < 4.78 is 0. The van der Waals surface area contributed by atoms with Gasteiger partial charge >= 0.3 is 5.97 Å². The van der Waals surface area contributed by atoms with Crippen LogP contribution >= 0.6 is 11.3 Å². The van der Waals surface area contributed by atoms with Crippen molar-refractivity contribution < 1.29 is 15.0 Å². The summed E-state index contributed by atoms with van der Waals surface area (Å²) in [5.41, 5.74) is 0.126. The summed E-state index contributed by atoms with van der Waals surface area (Å²) in [7, 11) is 0. The molecule has 1 aliphatic rings. The quantitative estimate of drug-likeness (QED) is 0.757. The third kappa shape index (κ3) is 3.51. The number of carboxylic acid groups (broad SMARTS) is 1. The van der Waals surface area contributed by atoms with Crippen LogP contribution in [0, 0.1) is 0 Å². The fourth-order valence-corrected chi connectivity index (χ4v) is 2.95. The van der Waals surface area contributed by atoms with Crippen molar-refractivity contribution in [1.82, 2.24) is 10.3 Å². The lowest BCUT2D eigenvalue weighted by atomic mass is 9.85. The first kappa shape index (κ1) is 13.5. The SMILES string of the molecule is O=C(O)c1nc(CNCC2(O)CCCCC2)cs1. The molecule has 0 bridgehead atoms. The maximum Gasteiger partial charge on any atom is 0.365 e. The highest BCUT2D eigenvalue weighted by molar-refractivity contribution is 7.11. The van der Waals surface area contributed by atoms with E-state index in [1.54, 1.807) is 5.38 Å². The highest BCUT2D eigenvalue weighted by Gasteiger charge is 2.28. The number of aromatic carboxylic acids is 1. The van der Waals surface area contributed by atoms with Gasteiger partial charge in [0.2, 0.25) is 5.01 Å². The van der Waals surface area contributed by atoms with Crippen LogP contribution in [0.1, 0.15) is 47.6 Å². The lowest BCUT2D eigenvalue weighted by Crippen LogP contribution is -2.41. The second kappa shape index (κ2) is 5.77. The summed E-state index contributed by atoms with van der Waals surface area (Å²) in [6, 6.07) is 0. The summed E-state index contributed by atoms with van der Waals surface area (Å²) in [5.74, 6) is -0.989. The number of carbonyl (C=O) groups is 1. The molecule has 100 valence electrons. The van der Waals surface area contributed by atoms with Gasteiger partial charge in [0.1, 0.15) is 0 Å². The van der Waals surface area contributed by atoms with Gasteiger partial charge in [0.25, 0.3) is 0 Å². The Balaban J connectivity index is 1.78. The first-order chi connectivity index (χ1) is 8.59. The van der Waals surface area contributed by atoms with Crippen molar-refractivity contribution in [2.45, 2.75) is 44.2 Å². The molecule has 0 aliphatic heterocycles. The van der Waals surface area contributed by atoms with E-state index in [-0.39, 0.29) is 5.01 Å². The molecule has 0 atom stereocenters. The minimum absolute atomic E-state index is 0.114. The molecule has 1 fully saturated rings. The highest BCUT2D eigenvalue weighted by atomic mass is 32.1. The zero-order valence-electron chi connectivity index (χ0n) is 10.2. The van der Waals surface area contributed by atoms with Crippen molar-refractivity contribution in [1.29, 1.82) is 0 Å². The molecule has 0 unspecified atom stereocenters. The van der Waals surface area contributed by atoms with E-state index in [2.05, 4.69) is 10.3 Å². The highest BCUT2D eigenvalue weighted by Crippen LogP contribution is 2.27. The molecule has 1 saturated carbocycles. The number of nitrogens with zero attached hydrogens (tertiary/aromatic N) is 1. The molecule has 3 N–H and O–H groups in total. The second-order valence-corrected chi connectivity index (χ2v) is 5.70. The predicted octanol–water partition coefficient (Wildman–Crippen LogP) is 1.63. The number of aliphatic hydroxyl groups is 1. The molecule has 1 aromatic rings. The van der Waals surface area contributed by atoms with E-state index in [0.717, 1.165) is 42.7 Å². The Labute approximate surface area is 110 Å². The lowest BCUT2D eigenvalue weighted by Gasteiger charge is -2.32. The number of hydrogen-bond acceptors (Lipinski definition) is 5. The zero-order valence-corrected chi connectivity index (χ0v) is 11.0. The van der Waals surface area contributed by atoms with E-state index in [4.69, 9.17) is 5.11 Å². The van der Waals surface area contributed by atoms with Gasteiger partial charge in [0.15, 0.2) is 0 Å². The summed E-state index contributed by atoms with van der Waals surface area (Å²) >= 11 is 1.13. The predicted molar refractivity (Wildman–Crippen MR) is 68.8 cm³/mol. The average Bonchev–Trinajstić information content (AvgIpc) is 2.78. The second-order valence-electron chi connectivity index (χ2n) is 4.84. The number of rotatable bonds is 5. The number of hydrogen-bond donors (Lipinski definition) is 3. The van der Waals surface area contributed by atoms with Gasteiger partial charge in [0.05, 0.1) is 11.3 Å². The first-order valence-corrected chi connectivity index (χ1v) is 7.08. The van der Waals surface area contributed by atoms with Crippen molar-refractivity contribution in [3.8, 4) is 0 Å². The lowest BCUT2D eigenvalue weighted by molar-refractivity contribution is 0.00461. The van der Waals surface area contributed by atoms with Gasteiger partial charge in [-0.05, 0) is 12.8 Å². The minimum atomic E-state index is -0.989. The van der Waals surface area contributed by atoms with Gasteiger partial charge in [-0.15, -0.1) is 11.3 Å². The molecule has 6 heteroatoms. The average molecular weight is 270 g/mol. The Hall–Kier alpha value is -0.980. The van der Waals surface area contributed by atoms with Crippen molar-refractivity contribution in [2.75, 3.05) is 6.54 Å². The maximum atomic E-state index is 10.7. The molecule has 0 saturated heterocycles. The molecular weight excluding hydrogens is 252 g/mol. The van der Waals surface area contributed by atoms with Gasteiger partial charge in [-0.2, -0.15) is 0 Å². The standard InChI is InChI=1S/C12H18N2O3S/c15-11(16)10-14-9(7-18-10)6-13-8-12(17)4-2-1-3-5-12/h7,13,17H,1-6,8H2,(H,15,16). The smallest absolute Gasteiger partial charge is 0.365 e. The summed E-state index contributed by atoms with van der Waals surface area (Å²) in [6.45, 7) is 1.05. The number of aromatic nitrogens is 1. The Morgan fingerprint density at radius 1 is 1.44 bits per heavy atom. The van der Waals surface area contributed by atoms with Crippen LogP contribution in [-0.2, 0) is 6.54 Å². The number of carboxylic acids is 1. The number of thiazole rings is 1. The largest absolute Gasteiger partial charge is 0.476 e. The fraction of sp³-hybridized carbons (Fsp3) is 0.667. The van der Waals surface area contributed by atoms with Gasteiger partial charge in [-0.1, -0.05) is 19.3 Å². The van der Waals surface area contributed by atoms with Gasteiger partial charge < -0.3 is 15.5 Å².